The maximum absolute atomic E-state index is 12.8. The van der Waals surface area contributed by atoms with Gasteiger partial charge in [-0.3, -0.25) is 14.6 Å². The van der Waals surface area contributed by atoms with Crippen LogP contribution in [0.5, 0.6) is 0 Å². The first-order chi connectivity index (χ1) is 15.1. The smallest absolute Gasteiger partial charge is 0.309 e. The van der Waals surface area contributed by atoms with Crippen molar-refractivity contribution in [2.24, 2.45) is 17.6 Å². The molecule has 31 heavy (non-hydrogen) atoms. The Morgan fingerprint density at radius 1 is 1.26 bits per heavy atom. The molecule has 162 valence electrons. The molecular weight excluding hydrogens is 410 g/mol. The number of ether oxygens (including phenoxy) is 1. The molecule has 1 atom stereocenters. The second-order valence-corrected chi connectivity index (χ2v) is 9.18. The van der Waals surface area contributed by atoms with Gasteiger partial charge < -0.3 is 15.8 Å². The zero-order valence-corrected chi connectivity index (χ0v) is 18.4. The summed E-state index contributed by atoms with van der Waals surface area (Å²) in [5.74, 6) is 0.0173. The fourth-order valence-corrected chi connectivity index (χ4v) is 4.86. The summed E-state index contributed by atoms with van der Waals surface area (Å²) in [5.41, 5.74) is 7.65. The van der Waals surface area contributed by atoms with Gasteiger partial charge in [0.25, 0.3) is 0 Å². The minimum absolute atomic E-state index is 0.0548. The molecule has 2 heterocycles. The minimum atomic E-state index is -0.458. The molecule has 3 aromatic rings. The van der Waals surface area contributed by atoms with Gasteiger partial charge in [-0.15, -0.1) is 11.3 Å². The third-order valence-corrected chi connectivity index (χ3v) is 7.03. The number of nitrogens with two attached hydrogens (primary N) is 1. The zero-order valence-electron chi connectivity index (χ0n) is 17.5. The largest absolute Gasteiger partial charge is 0.461 e. The fourth-order valence-electron chi connectivity index (χ4n) is 3.93. The molecule has 2 aromatic heterocycles. The quantitative estimate of drug-likeness (QED) is 0.508. The normalized spacial score (nSPS) is 18.9. The highest BCUT2D eigenvalue weighted by Crippen LogP contribution is 2.36. The SMILES string of the molecule is CCC1CC(C(=O)OCc2ccc([C@@H](CN)C(=O)Nc3cc4ccncc4s3)cc2)C1. The van der Waals surface area contributed by atoms with E-state index in [-0.39, 0.29) is 30.9 Å². The number of nitrogens with zero attached hydrogens (tertiary/aromatic N) is 1. The molecular formula is C24H27N3O3S. The van der Waals surface area contributed by atoms with E-state index in [1.807, 2.05) is 36.4 Å². The Morgan fingerprint density at radius 3 is 2.71 bits per heavy atom. The van der Waals surface area contributed by atoms with Gasteiger partial charge in [0, 0.05) is 18.9 Å². The van der Waals surface area contributed by atoms with Crippen molar-refractivity contribution in [3.05, 3.63) is 59.9 Å². The van der Waals surface area contributed by atoms with Crippen LogP contribution in [0.25, 0.3) is 10.1 Å². The van der Waals surface area contributed by atoms with E-state index in [4.69, 9.17) is 10.5 Å². The Balaban J connectivity index is 1.34. The van der Waals surface area contributed by atoms with Gasteiger partial charge in [0.1, 0.15) is 6.61 Å². The molecule has 0 aliphatic heterocycles. The molecule has 1 fully saturated rings. The number of rotatable bonds is 8. The summed E-state index contributed by atoms with van der Waals surface area (Å²) < 4.78 is 6.48. The van der Waals surface area contributed by atoms with E-state index in [1.54, 1.807) is 12.4 Å². The Hall–Kier alpha value is -2.77. The predicted octanol–water partition coefficient (Wildman–Crippen LogP) is 4.46. The summed E-state index contributed by atoms with van der Waals surface area (Å²) in [5, 5.41) is 4.79. The lowest BCUT2D eigenvalue weighted by atomic mass is 9.74. The molecule has 1 aromatic carbocycles. The Morgan fingerprint density at radius 2 is 2.03 bits per heavy atom. The van der Waals surface area contributed by atoms with Crippen LogP contribution in [-0.4, -0.2) is 23.4 Å². The first-order valence-corrected chi connectivity index (χ1v) is 11.5. The molecule has 0 spiro atoms. The van der Waals surface area contributed by atoms with E-state index in [2.05, 4.69) is 17.2 Å². The predicted molar refractivity (Wildman–Crippen MR) is 123 cm³/mol. The third-order valence-electron chi connectivity index (χ3n) is 6.03. The van der Waals surface area contributed by atoms with E-state index in [0.29, 0.717) is 5.92 Å². The standard InChI is InChI=1S/C24H27N3O3S/c1-2-15-9-19(10-15)24(29)30-14-16-3-5-17(6-4-16)20(12-25)23(28)27-22-11-18-7-8-26-13-21(18)31-22/h3-8,11,13,15,19-20H,2,9-10,12,14,25H2,1H3,(H,27,28)/t15?,19?,20-/m1/s1. The van der Waals surface area contributed by atoms with Crippen LogP contribution >= 0.6 is 11.3 Å². The summed E-state index contributed by atoms with van der Waals surface area (Å²) in [6.45, 7) is 2.61. The number of hydrogen-bond donors (Lipinski definition) is 2. The number of fused-ring (bicyclic) bond motifs is 1. The second-order valence-electron chi connectivity index (χ2n) is 8.09. The molecule has 1 amide bonds. The molecule has 7 heteroatoms. The topological polar surface area (TPSA) is 94.3 Å². The summed E-state index contributed by atoms with van der Waals surface area (Å²) in [7, 11) is 0. The molecule has 0 radical (unpaired) electrons. The van der Waals surface area contributed by atoms with Crippen LogP contribution in [-0.2, 0) is 20.9 Å². The van der Waals surface area contributed by atoms with Crippen molar-refractivity contribution in [1.29, 1.82) is 0 Å². The lowest BCUT2D eigenvalue weighted by molar-refractivity contribution is -0.154. The summed E-state index contributed by atoms with van der Waals surface area (Å²) in [6, 6.07) is 11.4. The van der Waals surface area contributed by atoms with Gasteiger partial charge in [-0.25, -0.2) is 0 Å². The van der Waals surface area contributed by atoms with Crippen LogP contribution in [0, 0.1) is 11.8 Å². The first-order valence-electron chi connectivity index (χ1n) is 10.7. The molecule has 6 nitrogen and oxygen atoms in total. The number of carbonyl (C=O) groups excluding carboxylic acids is 2. The number of aromatic nitrogens is 1. The average Bonchev–Trinajstić information content (AvgIpc) is 3.15. The number of nitrogens with one attached hydrogen (secondary N) is 1. The Kier molecular flexibility index (Phi) is 6.63. The van der Waals surface area contributed by atoms with Crippen molar-refractivity contribution < 1.29 is 14.3 Å². The number of pyridine rings is 1. The fraction of sp³-hybridized carbons (Fsp3) is 0.375. The van der Waals surface area contributed by atoms with Crippen molar-refractivity contribution >= 4 is 38.3 Å². The molecule has 1 aliphatic carbocycles. The molecule has 3 N–H and O–H groups in total. The lowest BCUT2D eigenvalue weighted by Crippen LogP contribution is -2.31. The number of amides is 1. The van der Waals surface area contributed by atoms with E-state index < -0.39 is 5.92 Å². The number of carbonyl (C=O) groups is 2. The van der Waals surface area contributed by atoms with Crippen molar-refractivity contribution in [2.45, 2.75) is 38.7 Å². The second kappa shape index (κ2) is 9.58. The number of anilines is 1. The van der Waals surface area contributed by atoms with Crippen LogP contribution in [0.2, 0.25) is 0 Å². The highest BCUT2D eigenvalue weighted by Gasteiger charge is 2.34. The maximum atomic E-state index is 12.8. The third kappa shape index (κ3) is 4.94. The van der Waals surface area contributed by atoms with Crippen molar-refractivity contribution in [1.82, 2.24) is 4.98 Å². The summed E-state index contributed by atoms with van der Waals surface area (Å²) in [4.78, 5) is 29.0. The zero-order chi connectivity index (χ0) is 21.8. The lowest BCUT2D eigenvalue weighted by Gasteiger charge is -2.32. The van der Waals surface area contributed by atoms with Crippen LogP contribution in [0.4, 0.5) is 5.00 Å². The summed E-state index contributed by atoms with van der Waals surface area (Å²) >= 11 is 1.49. The highest BCUT2D eigenvalue weighted by molar-refractivity contribution is 7.22. The van der Waals surface area contributed by atoms with Crippen molar-refractivity contribution in [2.75, 3.05) is 11.9 Å². The molecule has 4 rings (SSSR count). The van der Waals surface area contributed by atoms with E-state index in [9.17, 15) is 9.59 Å². The number of esters is 1. The Labute approximate surface area is 185 Å². The molecule has 0 unspecified atom stereocenters. The maximum Gasteiger partial charge on any atom is 0.309 e. The van der Waals surface area contributed by atoms with Gasteiger partial charge >= 0.3 is 5.97 Å². The highest BCUT2D eigenvalue weighted by atomic mass is 32.1. The van der Waals surface area contributed by atoms with Gasteiger partial charge in [0.15, 0.2) is 0 Å². The summed E-state index contributed by atoms with van der Waals surface area (Å²) in [6.07, 6.45) is 6.53. The van der Waals surface area contributed by atoms with E-state index in [1.165, 1.54) is 11.3 Å². The number of hydrogen-bond acceptors (Lipinski definition) is 6. The average molecular weight is 438 g/mol. The van der Waals surface area contributed by atoms with Crippen LogP contribution in [0.3, 0.4) is 0 Å². The molecule has 1 saturated carbocycles. The molecule has 1 aliphatic rings. The van der Waals surface area contributed by atoms with Crippen LogP contribution in [0.1, 0.15) is 43.2 Å². The molecule has 0 bridgehead atoms. The van der Waals surface area contributed by atoms with Gasteiger partial charge in [0.05, 0.1) is 21.5 Å². The van der Waals surface area contributed by atoms with E-state index in [0.717, 1.165) is 45.5 Å². The number of thiophene rings is 1. The Bertz CT molecular complexity index is 1020. The van der Waals surface area contributed by atoms with Gasteiger partial charge in [-0.05, 0) is 47.4 Å². The monoisotopic (exact) mass is 437 g/mol. The van der Waals surface area contributed by atoms with Gasteiger partial charge in [-0.1, -0.05) is 37.6 Å². The van der Waals surface area contributed by atoms with Crippen LogP contribution in [0.15, 0.2) is 48.8 Å². The van der Waals surface area contributed by atoms with Gasteiger partial charge in [-0.2, -0.15) is 0 Å². The van der Waals surface area contributed by atoms with Crippen molar-refractivity contribution in [3.8, 4) is 0 Å². The molecule has 0 saturated heterocycles. The minimum Gasteiger partial charge on any atom is -0.461 e. The van der Waals surface area contributed by atoms with E-state index >= 15 is 0 Å². The number of benzene rings is 1. The van der Waals surface area contributed by atoms with Crippen molar-refractivity contribution in [3.63, 3.8) is 0 Å². The van der Waals surface area contributed by atoms with Gasteiger partial charge in [0.2, 0.25) is 5.91 Å². The first kappa shape index (κ1) is 21.5. The van der Waals surface area contributed by atoms with Crippen LogP contribution < -0.4 is 11.1 Å².